The molecule has 1 aliphatic carbocycles. The van der Waals surface area contributed by atoms with Crippen molar-refractivity contribution in [2.24, 2.45) is 0 Å². The number of hydrogen-bond acceptors (Lipinski definition) is 5. The van der Waals surface area contributed by atoms with Gasteiger partial charge in [0.15, 0.2) is 11.5 Å². The van der Waals surface area contributed by atoms with Crippen LogP contribution in [0.15, 0.2) is 18.2 Å². The predicted molar refractivity (Wildman–Crippen MR) is 102 cm³/mol. The number of nitrogens with one attached hydrogen (secondary N) is 2. The van der Waals surface area contributed by atoms with Crippen LogP contribution in [0.4, 0.5) is 4.79 Å². The van der Waals surface area contributed by atoms with Gasteiger partial charge in [0.2, 0.25) is 5.91 Å². The monoisotopic (exact) mass is 389 g/mol. The van der Waals surface area contributed by atoms with Crippen LogP contribution in [0, 0.1) is 0 Å². The van der Waals surface area contributed by atoms with E-state index in [1.807, 2.05) is 19.1 Å². The standard InChI is InChI=1S/C20H27N3O5/c1-13(14-6-7-15(27-2)16(12-14)28-3)21-17(24)8-11-23-18(25)20(22-19(23)26)9-4-5-10-20/h6-7,12-13H,4-5,8-11H2,1-3H3,(H,21,24)(H,22,26)/t13-/m0/s1. The lowest BCUT2D eigenvalue weighted by molar-refractivity contribution is -0.131. The van der Waals surface area contributed by atoms with Crippen LogP contribution in [-0.2, 0) is 9.59 Å². The summed E-state index contributed by atoms with van der Waals surface area (Å²) in [5.41, 5.74) is 0.131. The summed E-state index contributed by atoms with van der Waals surface area (Å²) in [7, 11) is 3.12. The molecule has 1 aromatic carbocycles. The summed E-state index contributed by atoms with van der Waals surface area (Å²) in [6.07, 6.45) is 3.28. The Morgan fingerprint density at radius 1 is 1.21 bits per heavy atom. The van der Waals surface area contributed by atoms with Crippen molar-refractivity contribution in [3.8, 4) is 11.5 Å². The Hall–Kier alpha value is -2.77. The Bertz CT molecular complexity index is 773. The van der Waals surface area contributed by atoms with E-state index in [1.165, 1.54) is 4.90 Å². The minimum atomic E-state index is -0.736. The summed E-state index contributed by atoms with van der Waals surface area (Å²) >= 11 is 0. The third-order valence-corrected chi connectivity index (χ3v) is 5.55. The second kappa shape index (κ2) is 8.08. The van der Waals surface area contributed by atoms with Gasteiger partial charge in [-0.1, -0.05) is 18.9 Å². The van der Waals surface area contributed by atoms with Gasteiger partial charge in [0.1, 0.15) is 5.54 Å². The van der Waals surface area contributed by atoms with Gasteiger partial charge >= 0.3 is 6.03 Å². The maximum Gasteiger partial charge on any atom is 0.325 e. The molecule has 2 fully saturated rings. The van der Waals surface area contributed by atoms with Crippen LogP contribution in [0.25, 0.3) is 0 Å². The zero-order valence-electron chi connectivity index (χ0n) is 16.5. The molecule has 8 heteroatoms. The maximum absolute atomic E-state index is 12.6. The number of hydrogen-bond donors (Lipinski definition) is 2. The van der Waals surface area contributed by atoms with Crippen LogP contribution in [-0.4, -0.2) is 49.0 Å². The zero-order chi connectivity index (χ0) is 20.3. The molecule has 0 radical (unpaired) electrons. The van der Waals surface area contributed by atoms with Crippen molar-refractivity contribution in [1.82, 2.24) is 15.5 Å². The molecule has 2 aliphatic rings. The highest BCUT2D eigenvalue weighted by Crippen LogP contribution is 2.35. The quantitative estimate of drug-likeness (QED) is 0.697. The van der Waals surface area contributed by atoms with Crippen molar-refractivity contribution in [2.75, 3.05) is 20.8 Å². The highest BCUT2D eigenvalue weighted by molar-refractivity contribution is 6.07. The van der Waals surface area contributed by atoms with E-state index >= 15 is 0 Å². The second-order valence-corrected chi connectivity index (χ2v) is 7.33. The average Bonchev–Trinajstić information content (AvgIpc) is 3.25. The number of imide groups is 1. The van der Waals surface area contributed by atoms with Gasteiger partial charge in [-0.05, 0) is 37.5 Å². The van der Waals surface area contributed by atoms with Crippen LogP contribution in [0.1, 0.15) is 50.6 Å². The number of urea groups is 1. The molecule has 0 aromatic heterocycles. The van der Waals surface area contributed by atoms with E-state index in [-0.39, 0.29) is 30.8 Å². The predicted octanol–water partition coefficient (Wildman–Crippen LogP) is 2.14. The molecule has 1 aromatic rings. The topological polar surface area (TPSA) is 97.0 Å². The van der Waals surface area contributed by atoms with E-state index in [0.717, 1.165) is 18.4 Å². The molecular weight excluding hydrogens is 362 g/mol. The highest BCUT2D eigenvalue weighted by Gasteiger charge is 2.52. The highest BCUT2D eigenvalue weighted by atomic mass is 16.5. The van der Waals surface area contributed by atoms with Crippen LogP contribution in [0.3, 0.4) is 0 Å². The summed E-state index contributed by atoms with van der Waals surface area (Å²) in [6, 6.07) is 4.80. The molecule has 4 amide bonds. The zero-order valence-corrected chi connectivity index (χ0v) is 16.5. The minimum Gasteiger partial charge on any atom is -0.493 e. The van der Waals surface area contributed by atoms with Gasteiger partial charge in [0.25, 0.3) is 5.91 Å². The lowest BCUT2D eigenvalue weighted by Crippen LogP contribution is -2.44. The Balaban J connectivity index is 1.56. The average molecular weight is 389 g/mol. The third-order valence-electron chi connectivity index (χ3n) is 5.55. The van der Waals surface area contributed by atoms with Crippen molar-refractivity contribution < 1.29 is 23.9 Å². The molecule has 1 aliphatic heterocycles. The number of carbonyl (C=O) groups excluding carboxylic acids is 3. The molecule has 1 spiro atoms. The van der Waals surface area contributed by atoms with Crippen LogP contribution in [0.5, 0.6) is 11.5 Å². The normalized spacial score (nSPS) is 18.9. The molecule has 8 nitrogen and oxygen atoms in total. The SMILES string of the molecule is COc1ccc([C@H](C)NC(=O)CCN2C(=O)NC3(CCCC3)C2=O)cc1OC. The van der Waals surface area contributed by atoms with Gasteiger partial charge in [0.05, 0.1) is 20.3 Å². The first-order valence-electron chi connectivity index (χ1n) is 9.55. The molecular formula is C20H27N3O5. The lowest BCUT2D eigenvalue weighted by atomic mass is 9.98. The van der Waals surface area contributed by atoms with E-state index in [9.17, 15) is 14.4 Å². The summed E-state index contributed by atoms with van der Waals surface area (Å²) < 4.78 is 10.5. The first-order valence-corrected chi connectivity index (χ1v) is 9.55. The Labute approximate surface area is 164 Å². The number of ether oxygens (including phenoxy) is 2. The fourth-order valence-corrected chi connectivity index (χ4v) is 3.93. The molecule has 1 saturated carbocycles. The van der Waals surface area contributed by atoms with Gasteiger partial charge in [0, 0.05) is 13.0 Å². The van der Waals surface area contributed by atoms with Crippen molar-refractivity contribution >= 4 is 17.8 Å². The number of methoxy groups -OCH3 is 2. The molecule has 1 heterocycles. The fourth-order valence-electron chi connectivity index (χ4n) is 3.93. The first-order chi connectivity index (χ1) is 13.4. The molecule has 1 saturated heterocycles. The smallest absolute Gasteiger partial charge is 0.325 e. The van der Waals surface area contributed by atoms with Crippen molar-refractivity contribution in [3.05, 3.63) is 23.8 Å². The Morgan fingerprint density at radius 2 is 1.89 bits per heavy atom. The largest absolute Gasteiger partial charge is 0.493 e. The molecule has 0 bridgehead atoms. The van der Waals surface area contributed by atoms with E-state index in [1.54, 1.807) is 20.3 Å². The fraction of sp³-hybridized carbons (Fsp3) is 0.550. The van der Waals surface area contributed by atoms with Gasteiger partial charge in [-0.25, -0.2) is 4.79 Å². The van der Waals surface area contributed by atoms with Crippen molar-refractivity contribution in [1.29, 1.82) is 0 Å². The van der Waals surface area contributed by atoms with E-state index in [2.05, 4.69) is 10.6 Å². The van der Waals surface area contributed by atoms with E-state index < -0.39 is 11.6 Å². The van der Waals surface area contributed by atoms with Gasteiger partial charge < -0.3 is 20.1 Å². The maximum atomic E-state index is 12.6. The number of nitrogens with zero attached hydrogens (tertiary/aromatic N) is 1. The Morgan fingerprint density at radius 3 is 2.54 bits per heavy atom. The van der Waals surface area contributed by atoms with Crippen LogP contribution >= 0.6 is 0 Å². The Kier molecular flexibility index (Phi) is 5.76. The summed E-state index contributed by atoms with van der Waals surface area (Å²) in [6.45, 7) is 1.94. The van der Waals surface area contributed by atoms with Crippen LogP contribution < -0.4 is 20.1 Å². The number of benzene rings is 1. The number of carbonyl (C=O) groups is 3. The molecule has 0 unspecified atom stereocenters. The second-order valence-electron chi connectivity index (χ2n) is 7.33. The molecule has 1 atom stereocenters. The molecule has 28 heavy (non-hydrogen) atoms. The van der Waals surface area contributed by atoms with Crippen molar-refractivity contribution in [2.45, 2.75) is 50.6 Å². The summed E-state index contributed by atoms with van der Waals surface area (Å²) in [5.74, 6) is 0.775. The molecule has 152 valence electrons. The summed E-state index contributed by atoms with van der Waals surface area (Å²) in [5, 5.41) is 5.72. The van der Waals surface area contributed by atoms with Gasteiger partial charge in [-0.3, -0.25) is 14.5 Å². The van der Waals surface area contributed by atoms with Crippen molar-refractivity contribution in [3.63, 3.8) is 0 Å². The van der Waals surface area contributed by atoms with Gasteiger partial charge in [-0.2, -0.15) is 0 Å². The summed E-state index contributed by atoms with van der Waals surface area (Å²) in [4.78, 5) is 38.3. The third kappa shape index (κ3) is 3.76. The van der Waals surface area contributed by atoms with Gasteiger partial charge in [-0.15, -0.1) is 0 Å². The lowest BCUT2D eigenvalue weighted by Gasteiger charge is -2.20. The number of rotatable bonds is 7. The number of amides is 4. The van der Waals surface area contributed by atoms with E-state index in [4.69, 9.17) is 9.47 Å². The first kappa shape index (κ1) is 20.0. The molecule has 3 rings (SSSR count). The molecule has 2 N–H and O–H groups in total. The minimum absolute atomic E-state index is 0.0624. The van der Waals surface area contributed by atoms with E-state index in [0.29, 0.717) is 24.3 Å². The van der Waals surface area contributed by atoms with Crippen LogP contribution in [0.2, 0.25) is 0 Å².